The minimum atomic E-state index is -0.274. The van der Waals surface area contributed by atoms with E-state index in [0.717, 1.165) is 5.56 Å². The predicted octanol–water partition coefficient (Wildman–Crippen LogP) is 2.66. The summed E-state index contributed by atoms with van der Waals surface area (Å²) in [5, 5.41) is 3.90. The molecule has 2 rings (SSSR count). The summed E-state index contributed by atoms with van der Waals surface area (Å²) in [6.07, 6.45) is 3.08. The lowest BCUT2D eigenvalue weighted by molar-refractivity contribution is 0.0953. The van der Waals surface area contributed by atoms with Gasteiger partial charge in [-0.3, -0.25) is 4.79 Å². The van der Waals surface area contributed by atoms with Crippen LogP contribution in [0.5, 0.6) is 0 Å². The van der Waals surface area contributed by atoms with E-state index in [2.05, 4.69) is 10.5 Å². The van der Waals surface area contributed by atoms with Crippen molar-refractivity contribution in [2.45, 2.75) is 13.8 Å². The number of furan rings is 1. The molecule has 1 aromatic carbocycles. The largest absolute Gasteiger partial charge is 0.469 e. The summed E-state index contributed by atoms with van der Waals surface area (Å²) in [5.74, 6) is 0.308. The third-order valence-corrected chi connectivity index (χ3v) is 2.56. The third-order valence-electron chi connectivity index (χ3n) is 2.56. The van der Waals surface area contributed by atoms with Gasteiger partial charge in [-0.2, -0.15) is 5.10 Å². The molecule has 4 heteroatoms. The van der Waals surface area contributed by atoms with Crippen molar-refractivity contribution in [3.63, 3.8) is 0 Å². The second kappa shape index (κ2) is 5.31. The second-order valence-corrected chi connectivity index (χ2v) is 4.00. The van der Waals surface area contributed by atoms with E-state index in [1.165, 1.54) is 11.8 Å². The molecule has 0 aliphatic carbocycles. The van der Waals surface area contributed by atoms with Gasteiger partial charge in [-0.15, -0.1) is 0 Å². The summed E-state index contributed by atoms with van der Waals surface area (Å²) >= 11 is 0. The van der Waals surface area contributed by atoms with Crippen LogP contribution in [0, 0.1) is 13.8 Å². The zero-order valence-corrected chi connectivity index (χ0v) is 10.3. The smallest absolute Gasteiger partial charge is 0.274 e. The Morgan fingerprint density at radius 2 is 1.94 bits per heavy atom. The molecule has 0 aliphatic heterocycles. The highest BCUT2D eigenvalue weighted by Crippen LogP contribution is 2.07. The second-order valence-electron chi connectivity index (χ2n) is 4.00. The third kappa shape index (κ3) is 2.85. The van der Waals surface area contributed by atoms with E-state index in [-0.39, 0.29) is 5.91 Å². The SMILES string of the molecule is Cc1ccc(/C=N/NC(=O)c2ccoc2C)cc1. The van der Waals surface area contributed by atoms with E-state index in [0.29, 0.717) is 11.3 Å². The molecule has 0 saturated heterocycles. The van der Waals surface area contributed by atoms with Gasteiger partial charge in [-0.1, -0.05) is 29.8 Å². The number of hydrogen-bond acceptors (Lipinski definition) is 3. The fourth-order valence-corrected chi connectivity index (χ4v) is 1.50. The summed E-state index contributed by atoms with van der Waals surface area (Å²) in [4.78, 5) is 11.7. The molecule has 0 atom stereocenters. The van der Waals surface area contributed by atoms with Crippen LogP contribution in [0.25, 0.3) is 0 Å². The minimum absolute atomic E-state index is 0.274. The number of benzene rings is 1. The van der Waals surface area contributed by atoms with Crippen LogP contribution in [0.3, 0.4) is 0 Å². The minimum Gasteiger partial charge on any atom is -0.469 e. The van der Waals surface area contributed by atoms with Crippen molar-refractivity contribution in [2.24, 2.45) is 5.10 Å². The van der Waals surface area contributed by atoms with Crippen LogP contribution in [-0.4, -0.2) is 12.1 Å². The average Bonchev–Trinajstić information content (AvgIpc) is 2.78. The van der Waals surface area contributed by atoms with Crippen molar-refractivity contribution >= 4 is 12.1 Å². The normalized spacial score (nSPS) is 10.8. The van der Waals surface area contributed by atoms with Gasteiger partial charge in [0, 0.05) is 0 Å². The summed E-state index contributed by atoms with van der Waals surface area (Å²) in [6, 6.07) is 9.47. The van der Waals surface area contributed by atoms with E-state index in [4.69, 9.17) is 4.42 Å². The summed E-state index contributed by atoms with van der Waals surface area (Å²) in [5.41, 5.74) is 5.08. The Hall–Kier alpha value is -2.36. The fourth-order valence-electron chi connectivity index (χ4n) is 1.50. The number of carbonyl (C=O) groups is 1. The van der Waals surface area contributed by atoms with E-state index < -0.39 is 0 Å². The molecule has 0 bridgehead atoms. The number of amides is 1. The summed E-state index contributed by atoms with van der Waals surface area (Å²) < 4.78 is 5.05. The average molecular weight is 242 g/mol. The summed E-state index contributed by atoms with van der Waals surface area (Å²) in [6.45, 7) is 3.75. The van der Waals surface area contributed by atoms with Gasteiger partial charge in [-0.25, -0.2) is 5.43 Å². The molecule has 0 spiro atoms. The van der Waals surface area contributed by atoms with Gasteiger partial charge in [-0.05, 0) is 25.5 Å². The van der Waals surface area contributed by atoms with Gasteiger partial charge < -0.3 is 4.42 Å². The van der Waals surface area contributed by atoms with Crippen molar-refractivity contribution in [3.05, 3.63) is 59.0 Å². The number of hydrazone groups is 1. The molecule has 4 nitrogen and oxygen atoms in total. The van der Waals surface area contributed by atoms with Gasteiger partial charge in [0.25, 0.3) is 5.91 Å². The Morgan fingerprint density at radius 1 is 1.22 bits per heavy atom. The van der Waals surface area contributed by atoms with E-state index in [1.807, 2.05) is 31.2 Å². The van der Waals surface area contributed by atoms with Crippen LogP contribution >= 0.6 is 0 Å². The zero-order chi connectivity index (χ0) is 13.0. The van der Waals surface area contributed by atoms with Crippen LogP contribution in [0.4, 0.5) is 0 Å². The molecule has 0 aliphatic rings. The van der Waals surface area contributed by atoms with E-state index >= 15 is 0 Å². The number of hydrogen-bond donors (Lipinski definition) is 1. The first-order valence-corrected chi connectivity index (χ1v) is 5.61. The maximum Gasteiger partial charge on any atom is 0.274 e. The highest BCUT2D eigenvalue weighted by atomic mass is 16.3. The molecular weight excluding hydrogens is 228 g/mol. The van der Waals surface area contributed by atoms with Crippen molar-refractivity contribution in [2.75, 3.05) is 0 Å². The van der Waals surface area contributed by atoms with Crippen LogP contribution in [0.2, 0.25) is 0 Å². The first-order valence-electron chi connectivity index (χ1n) is 5.61. The van der Waals surface area contributed by atoms with E-state index in [1.54, 1.807) is 19.2 Å². The number of carbonyl (C=O) groups excluding carboxylic acids is 1. The highest BCUT2D eigenvalue weighted by molar-refractivity contribution is 5.95. The Morgan fingerprint density at radius 3 is 2.56 bits per heavy atom. The van der Waals surface area contributed by atoms with Crippen LogP contribution in [0.1, 0.15) is 27.2 Å². The maximum atomic E-state index is 11.7. The van der Waals surface area contributed by atoms with Gasteiger partial charge in [0.15, 0.2) is 0 Å². The molecular formula is C14H14N2O2. The standard InChI is InChI=1S/C14H14N2O2/c1-10-3-5-12(6-4-10)9-15-16-14(17)13-7-8-18-11(13)2/h3-9H,1-2H3,(H,16,17)/b15-9+. The Balaban J connectivity index is 1.98. The van der Waals surface area contributed by atoms with Gasteiger partial charge in [0.1, 0.15) is 5.76 Å². The molecule has 0 unspecified atom stereocenters. The lowest BCUT2D eigenvalue weighted by atomic mass is 10.2. The monoisotopic (exact) mass is 242 g/mol. The first kappa shape index (κ1) is 12.1. The Bertz CT molecular complexity index is 568. The Labute approximate surface area is 105 Å². The molecule has 2 aromatic rings. The van der Waals surface area contributed by atoms with Crippen LogP contribution in [0.15, 0.2) is 46.1 Å². The molecule has 1 N–H and O–H groups in total. The topological polar surface area (TPSA) is 54.6 Å². The zero-order valence-electron chi connectivity index (χ0n) is 10.3. The summed E-state index contributed by atoms with van der Waals surface area (Å²) in [7, 11) is 0. The van der Waals surface area contributed by atoms with Crippen LogP contribution in [-0.2, 0) is 0 Å². The molecule has 0 radical (unpaired) electrons. The molecule has 92 valence electrons. The molecule has 1 aromatic heterocycles. The van der Waals surface area contributed by atoms with Gasteiger partial charge >= 0.3 is 0 Å². The van der Waals surface area contributed by atoms with Gasteiger partial charge in [0.2, 0.25) is 0 Å². The van der Waals surface area contributed by atoms with Crippen molar-refractivity contribution in [3.8, 4) is 0 Å². The maximum absolute atomic E-state index is 11.7. The number of aryl methyl sites for hydroxylation is 2. The molecule has 0 saturated carbocycles. The first-order chi connectivity index (χ1) is 8.66. The van der Waals surface area contributed by atoms with Crippen molar-refractivity contribution < 1.29 is 9.21 Å². The molecule has 0 fully saturated rings. The number of nitrogens with one attached hydrogen (secondary N) is 1. The van der Waals surface area contributed by atoms with Crippen molar-refractivity contribution in [1.82, 2.24) is 5.43 Å². The number of rotatable bonds is 3. The lowest BCUT2D eigenvalue weighted by Crippen LogP contribution is -2.17. The van der Waals surface area contributed by atoms with Crippen molar-refractivity contribution in [1.29, 1.82) is 0 Å². The van der Waals surface area contributed by atoms with Gasteiger partial charge in [0.05, 0.1) is 18.0 Å². The van der Waals surface area contributed by atoms with Crippen LogP contribution < -0.4 is 5.43 Å². The predicted molar refractivity (Wildman–Crippen MR) is 69.7 cm³/mol. The Kier molecular flexibility index (Phi) is 3.57. The molecule has 1 heterocycles. The highest BCUT2D eigenvalue weighted by Gasteiger charge is 2.09. The quantitative estimate of drug-likeness (QED) is 0.664. The lowest BCUT2D eigenvalue weighted by Gasteiger charge is -1.97. The fraction of sp³-hybridized carbons (Fsp3) is 0.143. The molecule has 18 heavy (non-hydrogen) atoms. The van der Waals surface area contributed by atoms with E-state index in [9.17, 15) is 4.79 Å². The molecule has 1 amide bonds. The number of nitrogens with zero attached hydrogens (tertiary/aromatic N) is 1.